The molecule has 1 unspecified atom stereocenters. The van der Waals surface area contributed by atoms with Crippen LogP contribution >= 0.6 is 0 Å². The number of nitrogens with one attached hydrogen (secondary N) is 1. The number of pyridine rings is 1. The lowest BCUT2D eigenvalue weighted by Crippen LogP contribution is -2.39. The number of carbonyl (C=O) groups is 1. The van der Waals surface area contributed by atoms with E-state index < -0.39 is 0 Å². The smallest absolute Gasteiger partial charge is 0.259 e. The number of H-pyrrole nitrogens is 1. The van der Waals surface area contributed by atoms with E-state index >= 15 is 0 Å². The Morgan fingerprint density at radius 3 is 2.75 bits per heavy atom. The highest BCUT2D eigenvalue weighted by Crippen LogP contribution is 2.02. The molecule has 1 aromatic heterocycles. The summed E-state index contributed by atoms with van der Waals surface area (Å²) in [6.45, 7) is 3.32. The van der Waals surface area contributed by atoms with E-state index in [2.05, 4.69) is 4.98 Å². The van der Waals surface area contributed by atoms with Gasteiger partial charge in [-0.25, -0.2) is 0 Å². The number of aliphatic hydroxyl groups excluding tert-OH is 1. The highest BCUT2D eigenvalue weighted by molar-refractivity contribution is 5.93. The van der Waals surface area contributed by atoms with Crippen LogP contribution in [0.15, 0.2) is 17.1 Å². The second kappa shape index (κ2) is 4.94. The van der Waals surface area contributed by atoms with Gasteiger partial charge in [-0.15, -0.1) is 0 Å². The number of hydrogen-bond donors (Lipinski definition) is 2. The van der Waals surface area contributed by atoms with Gasteiger partial charge in [0.25, 0.3) is 5.91 Å². The maximum atomic E-state index is 11.9. The number of hydrogen-bond acceptors (Lipinski definition) is 3. The number of likely N-dealkylation sites (N-methyl/N-ethyl adjacent to an activating group) is 1. The van der Waals surface area contributed by atoms with Crippen LogP contribution in [0.2, 0.25) is 0 Å². The number of nitrogens with zero attached hydrogens (tertiary/aromatic N) is 1. The lowest BCUT2D eigenvalue weighted by Gasteiger charge is -2.22. The molecule has 0 aliphatic carbocycles. The lowest BCUT2D eigenvalue weighted by atomic mass is 10.2. The molecule has 0 bridgehead atoms. The molecule has 2 N–H and O–H groups in total. The van der Waals surface area contributed by atoms with Crippen LogP contribution in [0.25, 0.3) is 0 Å². The Kier molecular flexibility index (Phi) is 3.84. The summed E-state index contributed by atoms with van der Waals surface area (Å²) in [5.41, 5.74) is 0.492. The molecule has 0 saturated heterocycles. The van der Waals surface area contributed by atoms with E-state index in [-0.39, 0.29) is 29.5 Å². The summed E-state index contributed by atoms with van der Waals surface area (Å²) in [4.78, 5) is 27.6. The normalized spacial score (nSPS) is 12.2. The second-order valence-electron chi connectivity index (χ2n) is 3.84. The lowest BCUT2D eigenvalue weighted by molar-refractivity contribution is 0.0680. The van der Waals surface area contributed by atoms with E-state index in [0.717, 1.165) is 0 Å². The Morgan fingerprint density at radius 2 is 2.25 bits per heavy atom. The predicted molar refractivity (Wildman–Crippen MR) is 60.4 cm³/mol. The van der Waals surface area contributed by atoms with Crippen LogP contribution in [-0.4, -0.2) is 40.6 Å². The van der Waals surface area contributed by atoms with Crippen molar-refractivity contribution < 1.29 is 9.90 Å². The number of aromatic amines is 1. The van der Waals surface area contributed by atoms with Gasteiger partial charge in [0.2, 0.25) is 0 Å². The summed E-state index contributed by atoms with van der Waals surface area (Å²) < 4.78 is 0. The minimum Gasteiger partial charge on any atom is -0.394 e. The number of aryl methyl sites for hydroxylation is 1. The van der Waals surface area contributed by atoms with Crippen molar-refractivity contribution in [2.75, 3.05) is 13.7 Å². The van der Waals surface area contributed by atoms with Crippen molar-refractivity contribution in [3.05, 3.63) is 33.7 Å². The molecule has 1 amide bonds. The van der Waals surface area contributed by atoms with Crippen LogP contribution in [0.5, 0.6) is 0 Å². The zero-order valence-corrected chi connectivity index (χ0v) is 9.65. The zero-order valence-electron chi connectivity index (χ0n) is 9.65. The van der Waals surface area contributed by atoms with Crippen LogP contribution in [0.3, 0.4) is 0 Å². The molecule has 5 heteroatoms. The fourth-order valence-corrected chi connectivity index (χ4v) is 1.25. The minimum absolute atomic E-state index is 0.0911. The van der Waals surface area contributed by atoms with Crippen molar-refractivity contribution in [1.29, 1.82) is 0 Å². The Bertz CT molecular complexity index is 439. The van der Waals surface area contributed by atoms with Gasteiger partial charge in [0.1, 0.15) is 5.56 Å². The maximum absolute atomic E-state index is 11.9. The SMILES string of the molecule is Cc1cc(=O)c(C(=O)N(C)C(C)CO)c[nH]1. The van der Waals surface area contributed by atoms with E-state index in [1.807, 2.05) is 0 Å². The average molecular weight is 224 g/mol. The van der Waals surface area contributed by atoms with E-state index in [4.69, 9.17) is 5.11 Å². The molecule has 5 nitrogen and oxygen atoms in total. The Morgan fingerprint density at radius 1 is 1.62 bits per heavy atom. The molecule has 0 aromatic carbocycles. The maximum Gasteiger partial charge on any atom is 0.259 e. The Balaban J connectivity index is 3.01. The molecule has 0 fully saturated rings. The van der Waals surface area contributed by atoms with Crippen molar-refractivity contribution in [2.24, 2.45) is 0 Å². The van der Waals surface area contributed by atoms with Crippen molar-refractivity contribution >= 4 is 5.91 Å². The van der Waals surface area contributed by atoms with Gasteiger partial charge in [-0.2, -0.15) is 0 Å². The molecule has 0 aliphatic heterocycles. The molecule has 1 atom stereocenters. The van der Waals surface area contributed by atoms with Gasteiger partial charge in [-0.1, -0.05) is 0 Å². The summed E-state index contributed by atoms with van der Waals surface area (Å²) in [6.07, 6.45) is 1.40. The monoisotopic (exact) mass is 224 g/mol. The van der Waals surface area contributed by atoms with Crippen LogP contribution in [0.1, 0.15) is 23.0 Å². The van der Waals surface area contributed by atoms with Crippen LogP contribution in [0, 0.1) is 6.92 Å². The molecule has 88 valence electrons. The third kappa shape index (κ3) is 2.49. The van der Waals surface area contributed by atoms with Crippen LogP contribution in [-0.2, 0) is 0 Å². The molecule has 0 saturated carbocycles. The second-order valence-corrected chi connectivity index (χ2v) is 3.84. The molecule has 1 heterocycles. The van der Waals surface area contributed by atoms with Crippen molar-refractivity contribution in [2.45, 2.75) is 19.9 Å². The van der Waals surface area contributed by atoms with Gasteiger partial charge in [0, 0.05) is 25.0 Å². The third-order valence-corrected chi connectivity index (χ3v) is 2.53. The molecule has 0 aliphatic rings. The first-order chi connectivity index (χ1) is 7.47. The standard InChI is InChI=1S/C11H16N2O3/c1-7-4-10(15)9(5-12-7)11(16)13(3)8(2)6-14/h4-5,8,14H,6H2,1-3H3,(H,12,15). The van der Waals surface area contributed by atoms with E-state index in [0.29, 0.717) is 5.69 Å². The molecule has 0 spiro atoms. The van der Waals surface area contributed by atoms with Gasteiger partial charge in [0.15, 0.2) is 5.43 Å². The number of amides is 1. The van der Waals surface area contributed by atoms with Gasteiger partial charge in [0.05, 0.1) is 12.6 Å². The molecular formula is C11H16N2O3. The largest absolute Gasteiger partial charge is 0.394 e. The van der Waals surface area contributed by atoms with E-state index in [1.54, 1.807) is 20.9 Å². The summed E-state index contributed by atoms with van der Waals surface area (Å²) in [5.74, 6) is -0.386. The predicted octanol–water partition coefficient (Wildman–Crippen LogP) is 0.136. The Hall–Kier alpha value is -1.62. The summed E-state index contributed by atoms with van der Waals surface area (Å²) >= 11 is 0. The van der Waals surface area contributed by atoms with Gasteiger partial charge in [-0.05, 0) is 13.8 Å². The van der Waals surface area contributed by atoms with E-state index in [1.165, 1.54) is 17.2 Å². The third-order valence-electron chi connectivity index (χ3n) is 2.53. The van der Waals surface area contributed by atoms with Gasteiger partial charge < -0.3 is 15.0 Å². The quantitative estimate of drug-likeness (QED) is 0.766. The van der Waals surface area contributed by atoms with Crippen LogP contribution in [0.4, 0.5) is 0 Å². The number of aliphatic hydroxyl groups is 1. The number of aromatic nitrogens is 1. The summed E-state index contributed by atoms with van der Waals surface area (Å²) in [5, 5.41) is 8.93. The fourth-order valence-electron chi connectivity index (χ4n) is 1.25. The molecule has 1 rings (SSSR count). The van der Waals surface area contributed by atoms with Crippen molar-refractivity contribution in [3.63, 3.8) is 0 Å². The van der Waals surface area contributed by atoms with Crippen molar-refractivity contribution in [3.8, 4) is 0 Å². The average Bonchev–Trinajstić information content (AvgIpc) is 2.26. The zero-order chi connectivity index (χ0) is 12.3. The molecular weight excluding hydrogens is 208 g/mol. The molecule has 1 aromatic rings. The minimum atomic E-state index is -0.386. The Labute approximate surface area is 93.7 Å². The highest BCUT2D eigenvalue weighted by atomic mass is 16.3. The molecule has 16 heavy (non-hydrogen) atoms. The highest BCUT2D eigenvalue weighted by Gasteiger charge is 2.19. The number of carbonyl (C=O) groups excluding carboxylic acids is 1. The van der Waals surface area contributed by atoms with Gasteiger partial charge in [-0.3, -0.25) is 9.59 Å². The first-order valence-corrected chi connectivity index (χ1v) is 5.04. The van der Waals surface area contributed by atoms with Crippen LogP contribution < -0.4 is 5.43 Å². The fraction of sp³-hybridized carbons (Fsp3) is 0.455. The summed E-state index contributed by atoms with van der Waals surface area (Å²) in [7, 11) is 1.56. The van der Waals surface area contributed by atoms with Gasteiger partial charge >= 0.3 is 0 Å². The molecule has 0 radical (unpaired) electrons. The summed E-state index contributed by atoms with van der Waals surface area (Å²) in [6, 6.07) is 1.07. The first-order valence-electron chi connectivity index (χ1n) is 5.04. The first kappa shape index (κ1) is 12.4. The van der Waals surface area contributed by atoms with E-state index in [9.17, 15) is 9.59 Å². The topological polar surface area (TPSA) is 73.4 Å². The number of rotatable bonds is 3. The van der Waals surface area contributed by atoms with Crippen molar-refractivity contribution in [1.82, 2.24) is 9.88 Å².